The molecule has 2 heterocycles. The molecule has 2 aliphatic rings. The van der Waals surface area contributed by atoms with E-state index in [1.165, 1.54) is 12.1 Å². The van der Waals surface area contributed by atoms with E-state index in [0.29, 0.717) is 37.7 Å². The number of nitro groups is 1. The second-order valence-electron chi connectivity index (χ2n) is 7.59. The lowest BCUT2D eigenvalue weighted by atomic mass is 10.1. The van der Waals surface area contributed by atoms with Gasteiger partial charge in [0, 0.05) is 50.0 Å². The quantitative estimate of drug-likeness (QED) is 0.571. The zero-order chi connectivity index (χ0) is 22.2. The van der Waals surface area contributed by atoms with Crippen LogP contribution in [-0.4, -0.2) is 52.9 Å². The second-order valence-corrected chi connectivity index (χ2v) is 7.59. The molecular weight excluding hydrogens is 415 g/mol. The fourth-order valence-electron chi connectivity index (χ4n) is 3.45. The van der Waals surface area contributed by atoms with Gasteiger partial charge in [-0.1, -0.05) is 0 Å². The monoisotopic (exact) mass is 435 g/mol. The summed E-state index contributed by atoms with van der Waals surface area (Å²) < 4.78 is 38.1. The summed E-state index contributed by atoms with van der Waals surface area (Å²) in [6.45, 7) is 1.45. The largest absolute Gasteiger partial charge is 0.417 e. The summed E-state index contributed by atoms with van der Waals surface area (Å²) in [4.78, 5) is 31.0. The molecule has 4 rings (SSSR count). The number of benzene rings is 1. The number of pyridine rings is 1. The molecule has 1 amide bonds. The van der Waals surface area contributed by atoms with Gasteiger partial charge in [0.15, 0.2) is 0 Å². The van der Waals surface area contributed by atoms with E-state index < -0.39 is 16.7 Å². The highest BCUT2D eigenvalue weighted by Crippen LogP contribution is 2.32. The van der Waals surface area contributed by atoms with Gasteiger partial charge in [-0.3, -0.25) is 14.9 Å². The third-order valence-electron chi connectivity index (χ3n) is 5.34. The third-order valence-corrected chi connectivity index (χ3v) is 5.34. The van der Waals surface area contributed by atoms with Gasteiger partial charge in [-0.15, -0.1) is 0 Å². The standard InChI is InChI=1S/C20H20F3N5O3/c21-20(22,23)14-2-6-18(24-12-14)26-7-9-27(10-8-26)19(29)13-1-5-16(25-15-3-4-15)17(11-13)28(30)31/h1-2,5-6,11-12,15,25H,3-4,7-10H2. The molecule has 0 unspecified atom stereocenters. The van der Waals surface area contributed by atoms with Crippen molar-refractivity contribution in [1.82, 2.24) is 9.88 Å². The first-order chi connectivity index (χ1) is 14.7. The number of carbonyl (C=O) groups is 1. The maximum atomic E-state index is 12.8. The van der Waals surface area contributed by atoms with Gasteiger partial charge in [0.2, 0.25) is 0 Å². The minimum Gasteiger partial charge on any atom is -0.377 e. The Labute approximate surface area is 175 Å². The number of nitrogens with zero attached hydrogens (tertiary/aromatic N) is 4. The van der Waals surface area contributed by atoms with Crippen molar-refractivity contribution in [2.24, 2.45) is 0 Å². The molecule has 2 fully saturated rings. The van der Waals surface area contributed by atoms with Gasteiger partial charge >= 0.3 is 6.18 Å². The van der Waals surface area contributed by atoms with Gasteiger partial charge < -0.3 is 15.1 Å². The van der Waals surface area contributed by atoms with E-state index >= 15 is 0 Å². The Bertz CT molecular complexity index is 985. The van der Waals surface area contributed by atoms with Crippen LogP contribution in [0.5, 0.6) is 0 Å². The van der Waals surface area contributed by atoms with Crippen molar-refractivity contribution in [1.29, 1.82) is 0 Å². The lowest BCUT2D eigenvalue weighted by Crippen LogP contribution is -2.49. The van der Waals surface area contributed by atoms with E-state index in [1.807, 2.05) is 0 Å². The van der Waals surface area contributed by atoms with E-state index in [1.54, 1.807) is 21.9 Å². The number of anilines is 2. The van der Waals surface area contributed by atoms with Gasteiger partial charge in [0.25, 0.3) is 11.6 Å². The molecule has 1 aromatic carbocycles. The summed E-state index contributed by atoms with van der Waals surface area (Å²) in [5.41, 5.74) is -0.312. The number of rotatable bonds is 5. The lowest BCUT2D eigenvalue weighted by Gasteiger charge is -2.35. The molecule has 1 N–H and O–H groups in total. The van der Waals surface area contributed by atoms with Crippen LogP contribution in [0.4, 0.5) is 30.4 Å². The van der Waals surface area contributed by atoms with Gasteiger partial charge in [-0.25, -0.2) is 4.98 Å². The molecule has 1 aromatic heterocycles. The summed E-state index contributed by atoms with van der Waals surface area (Å²) in [6, 6.07) is 6.96. The SMILES string of the molecule is O=C(c1ccc(NC2CC2)c([N+](=O)[O-])c1)N1CCN(c2ccc(C(F)(F)F)cn2)CC1. The van der Waals surface area contributed by atoms with Crippen LogP contribution < -0.4 is 10.2 Å². The minimum absolute atomic E-state index is 0.134. The van der Waals surface area contributed by atoms with Crippen LogP contribution in [0, 0.1) is 10.1 Å². The van der Waals surface area contributed by atoms with Crippen LogP contribution >= 0.6 is 0 Å². The van der Waals surface area contributed by atoms with E-state index in [9.17, 15) is 28.1 Å². The van der Waals surface area contributed by atoms with Crippen molar-refractivity contribution in [3.8, 4) is 0 Å². The van der Waals surface area contributed by atoms with Gasteiger partial charge in [0.05, 0.1) is 10.5 Å². The zero-order valence-electron chi connectivity index (χ0n) is 16.4. The molecule has 31 heavy (non-hydrogen) atoms. The highest BCUT2D eigenvalue weighted by molar-refractivity contribution is 5.96. The number of carbonyl (C=O) groups excluding carboxylic acids is 1. The number of hydrogen-bond acceptors (Lipinski definition) is 6. The first-order valence-electron chi connectivity index (χ1n) is 9.85. The summed E-state index contributed by atoms with van der Waals surface area (Å²) >= 11 is 0. The topological polar surface area (TPSA) is 91.6 Å². The van der Waals surface area contributed by atoms with Crippen LogP contribution in [-0.2, 0) is 6.18 Å². The Morgan fingerprint density at radius 2 is 1.84 bits per heavy atom. The molecule has 0 spiro atoms. The number of alkyl halides is 3. The van der Waals surface area contributed by atoms with Crippen molar-refractivity contribution in [2.45, 2.75) is 25.1 Å². The first-order valence-corrected chi connectivity index (χ1v) is 9.85. The molecule has 1 saturated carbocycles. The summed E-state index contributed by atoms with van der Waals surface area (Å²) in [5, 5.41) is 14.5. The van der Waals surface area contributed by atoms with Crippen molar-refractivity contribution in [2.75, 3.05) is 36.4 Å². The minimum atomic E-state index is -4.44. The van der Waals surface area contributed by atoms with Crippen molar-refractivity contribution in [3.05, 3.63) is 57.8 Å². The maximum Gasteiger partial charge on any atom is 0.417 e. The molecule has 2 aromatic rings. The molecular formula is C20H20F3N5O3. The molecule has 0 radical (unpaired) electrons. The molecule has 8 nitrogen and oxygen atoms in total. The lowest BCUT2D eigenvalue weighted by molar-refractivity contribution is -0.384. The second kappa shape index (κ2) is 8.05. The summed E-state index contributed by atoms with van der Waals surface area (Å²) in [5.74, 6) is 0.0901. The number of aromatic nitrogens is 1. The number of hydrogen-bond donors (Lipinski definition) is 1. The first kappa shape index (κ1) is 20.9. The summed E-state index contributed by atoms with van der Waals surface area (Å²) in [7, 11) is 0. The van der Waals surface area contributed by atoms with Crippen molar-refractivity contribution < 1.29 is 22.9 Å². The number of halogens is 3. The van der Waals surface area contributed by atoms with Gasteiger partial charge in [0.1, 0.15) is 11.5 Å². The Morgan fingerprint density at radius 3 is 2.39 bits per heavy atom. The Hall–Kier alpha value is -3.37. The van der Waals surface area contributed by atoms with Crippen LogP contribution in [0.1, 0.15) is 28.8 Å². The normalized spacial score (nSPS) is 16.9. The fourth-order valence-corrected chi connectivity index (χ4v) is 3.45. The molecule has 0 bridgehead atoms. The van der Waals surface area contributed by atoms with E-state index in [0.717, 1.165) is 25.1 Å². The smallest absolute Gasteiger partial charge is 0.377 e. The highest BCUT2D eigenvalue weighted by Gasteiger charge is 2.31. The molecule has 0 atom stereocenters. The predicted molar refractivity (Wildman–Crippen MR) is 107 cm³/mol. The molecule has 1 aliphatic heterocycles. The summed E-state index contributed by atoms with van der Waals surface area (Å²) in [6.07, 6.45) is -1.71. The van der Waals surface area contributed by atoms with Crippen LogP contribution in [0.2, 0.25) is 0 Å². The van der Waals surface area contributed by atoms with Crippen LogP contribution in [0.15, 0.2) is 36.5 Å². The fraction of sp³-hybridized carbons (Fsp3) is 0.400. The molecule has 1 saturated heterocycles. The zero-order valence-corrected chi connectivity index (χ0v) is 16.4. The maximum absolute atomic E-state index is 12.8. The number of piperazine rings is 1. The Morgan fingerprint density at radius 1 is 1.13 bits per heavy atom. The van der Waals surface area contributed by atoms with Gasteiger partial charge in [-0.05, 0) is 37.1 Å². The van der Waals surface area contributed by atoms with Crippen molar-refractivity contribution in [3.63, 3.8) is 0 Å². The molecule has 1 aliphatic carbocycles. The van der Waals surface area contributed by atoms with E-state index in [4.69, 9.17) is 0 Å². The van der Waals surface area contributed by atoms with E-state index in [2.05, 4.69) is 10.3 Å². The van der Waals surface area contributed by atoms with Gasteiger partial charge in [-0.2, -0.15) is 13.2 Å². The van der Waals surface area contributed by atoms with Crippen LogP contribution in [0.3, 0.4) is 0 Å². The Balaban J connectivity index is 1.41. The van der Waals surface area contributed by atoms with E-state index in [-0.39, 0.29) is 23.2 Å². The molecule has 11 heteroatoms. The Kier molecular flexibility index (Phi) is 5.42. The number of nitrogens with one attached hydrogen (secondary N) is 1. The average molecular weight is 435 g/mol. The van der Waals surface area contributed by atoms with Crippen LogP contribution in [0.25, 0.3) is 0 Å². The third kappa shape index (κ3) is 4.70. The number of nitro benzene ring substituents is 1. The predicted octanol–water partition coefficient (Wildman–Crippen LogP) is 3.55. The molecule has 164 valence electrons. The average Bonchev–Trinajstić information content (AvgIpc) is 3.57. The highest BCUT2D eigenvalue weighted by atomic mass is 19.4. The van der Waals surface area contributed by atoms with Crippen molar-refractivity contribution >= 4 is 23.1 Å². The number of amides is 1.